The van der Waals surface area contributed by atoms with Gasteiger partial charge in [-0.1, -0.05) is 37.5 Å². The van der Waals surface area contributed by atoms with Crippen LogP contribution in [0.3, 0.4) is 0 Å². The monoisotopic (exact) mass is 242 g/mol. The molecule has 0 amide bonds. The van der Waals surface area contributed by atoms with Crippen LogP contribution in [0.4, 0.5) is 0 Å². The number of rotatable bonds is 5. The minimum atomic E-state index is -4.09. The Morgan fingerprint density at radius 2 is 1.94 bits per heavy atom. The van der Waals surface area contributed by atoms with E-state index in [1.54, 1.807) is 6.07 Å². The minimum Gasteiger partial charge on any atom is -0.282 e. The number of hydrogen-bond acceptors (Lipinski definition) is 2. The molecule has 0 atom stereocenters. The van der Waals surface area contributed by atoms with Crippen molar-refractivity contribution in [2.45, 2.75) is 44.4 Å². The lowest BCUT2D eigenvalue weighted by molar-refractivity contribution is 0.481. The maximum atomic E-state index is 11.2. The van der Waals surface area contributed by atoms with Crippen LogP contribution in [0.5, 0.6) is 0 Å². The average Bonchev–Trinajstić information content (AvgIpc) is 2.16. The summed E-state index contributed by atoms with van der Waals surface area (Å²) in [6.07, 6.45) is 3.80. The lowest BCUT2D eigenvalue weighted by Crippen LogP contribution is -2.03. The largest absolute Gasteiger partial charge is 0.294 e. The maximum absolute atomic E-state index is 11.2. The van der Waals surface area contributed by atoms with Crippen LogP contribution in [0.2, 0.25) is 0 Å². The second kappa shape index (κ2) is 5.46. The molecule has 1 N–H and O–H groups in total. The summed E-state index contributed by atoms with van der Waals surface area (Å²) in [6, 6.07) is 5.01. The van der Waals surface area contributed by atoms with Gasteiger partial charge in [-0.2, -0.15) is 8.42 Å². The Balaban J connectivity index is 3.00. The lowest BCUT2D eigenvalue weighted by Gasteiger charge is -2.07. The number of hydrogen-bond donors (Lipinski definition) is 1. The van der Waals surface area contributed by atoms with E-state index in [1.807, 2.05) is 13.0 Å². The molecule has 0 unspecified atom stereocenters. The molecule has 0 bridgehead atoms. The van der Waals surface area contributed by atoms with E-state index in [2.05, 4.69) is 6.92 Å². The molecule has 1 rings (SSSR count). The third-order valence-corrected chi connectivity index (χ3v) is 3.50. The third-order valence-electron chi connectivity index (χ3n) is 2.54. The van der Waals surface area contributed by atoms with E-state index in [4.69, 9.17) is 4.55 Å². The molecule has 0 spiro atoms. The van der Waals surface area contributed by atoms with Gasteiger partial charge in [-0.3, -0.25) is 4.55 Å². The van der Waals surface area contributed by atoms with Gasteiger partial charge in [0.1, 0.15) is 0 Å². The van der Waals surface area contributed by atoms with Gasteiger partial charge in [-0.15, -0.1) is 0 Å². The molecule has 0 aliphatic carbocycles. The Labute approximate surface area is 97.2 Å². The predicted octanol–water partition coefficient (Wildman–Crippen LogP) is 2.97. The summed E-state index contributed by atoms with van der Waals surface area (Å²) >= 11 is 0. The van der Waals surface area contributed by atoms with E-state index in [9.17, 15) is 8.42 Å². The van der Waals surface area contributed by atoms with Gasteiger partial charge in [0.15, 0.2) is 0 Å². The zero-order valence-electron chi connectivity index (χ0n) is 9.73. The van der Waals surface area contributed by atoms with E-state index in [-0.39, 0.29) is 4.90 Å². The SMILES string of the molecule is CCCCCc1cc(C)ccc1S(=O)(=O)O. The Hall–Kier alpha value is -0.870. The molecule has 0 aromatic heterocycles. The summed E-state index contributed by atoms with van der Waals surface area (Å²) in [6.45, 7) is 4.01. The van der Waals surface area contributed by atoms with Crippen molar-refractivity contribution >= 4 is 10.1 Å². The first-order valence-electron chi connectivity index (χ1n) is 5.52. The van der Waals surface area contributed by atoms with Crippen LogP contribution >= 0.6 is 0 Å². The minimum absolute atomic E-state index is 0.0502. The maximum Gasteiger partial charge on any atom is 0.294 e. The lowest BCUT2D eigenvalue weighted by atomic mass is 10.1. The quantitative estimate of drug-likeness (QED) is 0.638. The van der Waals surface area contributed by atoms with Crippen LogP contribution in [-0.2, 0) is 16.5 Å². The smallest absolute Gasteiger partial charge is 0.282 e. The normalized spacial score (nSPS) is 11.7. The van der Waals surface area contributed by atoms with Gasteiger partial charge in [0.05, 0.1) is 4.90 Å². The highest BCUT2D eigenvalue weighted by atomic mass is 32.2. The van der Waals surface area contributed by atoms with E-state index in [0.29, 0.717) is 6.42 Å². The van der Waals surface area contributed by atoms with Crippen LogP contribution in [0.15, 0.2) is 23.1 Å². The molecule has 0 aliphatic heterocycles. The van der Waals surface area contributed by atoms with Gasteiger partial charge >= 0.3 is 0 Å². The standard InChI is InChI=1S/C12H18O3S/c1-3-4-5-6-11-9-10(2)7-8-12(11)16(13,14)15/h7-9H,3-6H2,1-2H3,(H,13,14,15). The third kappa shape index (κ3) is 3.61. The molecule has 0 aliphatic rings. The fourth-order valence-electron chi connectivity index (χ4n) is 1.72. The van der Waals surface area contributed by atoms with Crippen LogP contribution in [0.25, 0.3) is 0 Å². The molecule has 0 radical (unpaired) electrons. The molecular weight excluding hydrogens is 224 g/mol. The van der Waals surface area contributed by atoms with Crippen molar-refractivity contribution < 1.29 is 13.0 Å². The first-order chi connectivity index (χ1) is 7.45. The molecule has 0 saturated carbocycles. The summed E-state index contributed by atoms with van der Waals surface area (Å²) in [7, 11) is -4.09. The molecule has 0 heterocycles. The predicted molar refractivity (Wildman–Crippen MR) is 64.2 cm³/mol. The Bertz CT molecular complexity index is 449. The second-order valence-electron chi connectivity index (χ2n) is 4.04. The van der Waals surface area contributed by atoms with Gasteiger partial charge in [0.2, 0.25) is 0 Å². The molecule has 16 heavy (non-hydrogen) atoms. The van der Waals surface area contributed by atoms with Gasteiger partial charge in [-0.25, -0.2) is 0 Å². The van der Waals surface area contributed by atoms with Crippen molar-refractivity contribution in [3.05, 3.63) is 29.3 Å². The highest BCUT2D eigenvalue weighted by Crippen LogP contribution is 2.19. The van der Waals surface area contributed by atoms with Gasteiger partial charge in [-0.05, 0) is 31.4 Å². The number of benzene rings is 1. The summed E-state index contributed by atoms with van der Waals surface area (Å²) < 4.78 is 31.4. The highest BCUT2D eigenvalue weighted by molar-refractivity contribution is 7.85. The zero-order chi connectivity index (χ0) is 12.2. The molecule has 3 nitrogen and oxygen atoms in total. The molecule has 0 fully saturated rings. The Morgan fingerprint density at radius 1 is 1.25 bits per heavy atom. The van der Waals surface area contributed by atoms with Crippen LogP contribution in [0, 0.1) is 6.92 Å². The second-order valence-corrected chi connectivity index (χ2v) is 5.43. The first-order valence-corrected chi connectivity index (χ1v) is 6.96. The van der Waals surface area contributed by atoms with E-state index in [1.165, 1.54) is 6.07 Å². The van der Waals surface area contributed by atoms with Gasteiger partial charge in [0, 0.05) is 0 Å². The van der Waals surface area contributed by atoms with Crippen LogP contribution < -0.4 is 0 Å². The number of aryl methyl sites for hydroxylation is 2. The van der Waals surface area contributed by atoms with Crippen molar-refractivity contribution in [1.82, 2.24) is 0 Å². The Morgan fingerprint density at radius 3 is 2.50 bits per heavy atom. The van der Waals surface area contributed by atoms with Crippen molar-refractivity contribution in [1.29, 1.82) is 0 Å². The van der Waals surface area contributed by atoms with Crippen molar-refractivity contribution in [2.75, 3.05) is 0 Å². The van der Waals surface area contributed by atoms with Crippen LogP contribution in [-0.4, -0.2) is 13.0 Å². The molecule has 90 valence electrons. The molecular formula is C12H18O3S. The summed E-state index contributed by atoms with van der Waals surface area (Å²) in [5.41, 5.74) is 1.73. The molecule has 0 saturated heterocycles. The van der Waals surface area contributed by atoms with Crippen molar-refractivity contribution in [2.24, 2.45) is 0 Å². The van der Waals surface area contributed by atoms with Crippen molar-refractivity contribution in [3.63, 3.8) is 0 Å². The first kappa shape index (κ1) is 13.2. The fraction of sp³-hybridized carbons (Fsp3) is 0.500. The molecule has 1 aromatic rings. The van der Waals surface area contributed by atoms with Crippen molar-refractivity contribution in [3.8, 4) is 0 Å². The average molecular weight is 242 g/mol. The molecule has 1 aromatic carbocycles. The van der Waals surface area contributed by atoms with E-state index >= 15 is 0 Å². The zero-order valence-corrected chi connectivity index (χ0v) is 10.5. The number of unbranched alkanes of at least 4 members (excludes halogenated alkanes) is 2. The summed E-state index contributed by atoms with van der Waals surface area (Å²) in [5, 5.41) is 0. The van der Waals surface area contributed by atoms with Crippen LogP contribution in [0.1, 0.15) is 37.3 Å². The fourth-order valence-corrected chi connectivity index (χ4v) is 2.45. The topological polar surface area (TPSA) is 54.4 Å². The summed E-state index contributed by atoms with van der Waals surface area (Å²) in [4.78, 5) is 0.0502. The Kier molecular flexibility index (Phi) is 4.50. The molecule has 4 heteroatoms. The van der Waals surface area contributed by atoms with E-state index < -0.39 is 10.1 Å². The summed E-state index contributed by atoms with van der Waals surface area (Å²) in [5.74, 6) is 0. The highest BCUT2D eigenvalue weighted by Gasteiger charge is 2.14. The van der Waals surface area contributed by atoms with Gasteiger partial charge < -0.3 is 0 Å². The van der Waals surface area contributed by atoms with Gasteiger partial charge in [0.25, 0.3) is 10.1 Å². The van der Waals surface area contributed by atoms with E-state index in [0.717, 1.165) is 30.4 Å².